The summed E-state index contributed by atoms with van der Waals surface area (Å²) in [7, 11) is 0. The van der Waals surface area contributed by atoms with Gasteiger partial charge in [-0.2, -0.15) is 4.98 Å². The number of amides is 2. The summed E-state index contributed by atoms with van der Waals surface area (Å²) < 4.78 is 9.92. The number of rotatable bonds is 12. The van der Waals surface area contributed by atoms with Crippen LogP contribution in [0.4, 0.5) is 17.5 Å². The molecule has 2 heterocycles. The van der Waals surface area contributed by atoms with E-state index in [4.69, 9.17) is 9.47 Å². The van der Waals surface area contributed by atoms with Crippen LogP contribution in [0.5, 0.6) is 0 Å². The van der Waals surface area contributed by atoms with E-state index in [0.29, 0.717) is 36.5 Å². The third kappa shape index (κ3) is 8.55. The van der Waals surface area contributed by atoms with Gasteiger partial charge in [-0.25, -0.2) is 4.79 Å². The lowest BCUT2D eigenvalue weighted by Gasteiger charge is -2.25. The first-order valence-corrected chi connectivity index (χ1v) is 12.8. The second kappa shape index (κ2) is 13.9. The van der Waals surface area contributed by atoms with Gasteiger partial charge in [-0.1, -0.05) is 0 Å². The Morgan fingerprint density at radius 2 is 1.82 bits per heavy atom. The van der Waals surface area contributed by atoms with Gasteiger partial charge in [0, 0.05) is 37.7 Å². The summed E-state index contributed by atoms with van der Waals surface area (Å²) in [5.41, 5.74) is 1.33. The second-order valence-electron chi connectivity index (χ2n) is 8.95. The number of esters is 2. The van der Waals surface area contributed by atoms with E-state index in [1.165, 1.54) is 6.92 Å². The average Bonchev–Trinajstić information content (AvgIpc) is 2.90. The van der Waals surface area contributed by atoms with Crippen LogP contribution in [0.2, 0.25) is 0 Å². The quantitative estimate of drug-likeness (QED) is 0.246. The Morgan fingerprint density at radius 3 is 2.49 bits per heavy atom. The molecule has 0 bridgehead atoms. The fraction of sp³-hybridized carbons (Fsp3) is 0.462. The van der Waals surface area contributed by atoms with Crippen molar-refractivity contribution in [1.29, 1.82) is 0 Å². The van der Waals surface area contributed by atoms with E-state index in [1.54, 1.807) is 38.1 Å². The minimum atomic E-state index is -0.978. The molecule has 1 aliphatic heterocycles. The van der Waals surface area contributed by atoms with Crippen molar-refractivity contribution in [2.24, 2.45) is 5.92 Å². The highest BCUT2D eigenvalue weighted by molar-refractivity contribution is 5.97. The van der Waals surface area contributed by atoms with Crippen molar-refractivity contribution in [3.63, 3.8) is 0 Å². The van der Waals surface area contributed by atoms with Crippen molar-refractivity contribution in [3.8, 4) is 0 Å². The number of benzene rings is 1. The summed E-state index contributed by atoms with van der Waals surface area (Å²) in [5, 5.41) is 11.6. The number of H-pyrrole nitrogens is 1. The molecule has 2 aromatic rings. The number of anilines is 3. The van der Waals surface area contributed by atoms with Crippen LogP contribution in [0.1, 0.15) is 49.5 Å². The largest absolute Gasteiger partial charge is 0.466 e. The summed E-state index contributed by atoms with van der Waals surface area (Å²) >= 11 is 0. The van der Waals surface area contributed by atoms with Gasteiger partial charge in [0.15, 0.2) is 0 Å². The summed E-state index contributed by atoms with van der Waals surface area (Å²) in [6.45, 7) is 6.21. The predicted octanol–water partition coefficient (Wildman–Crippen LogP) is 1.43. The minimum Gasteiger partial charge on any atom is -0.466 e. The number of hydrogen-bond acceptors (Lipinski definition) is 10. The molecule has 5 N–H and O–H groups in total. The summed E-state index contributed by atoms with van der Waals surface area (Å²) in [6.07, 6.45) is 0.535. The van der Waals surface area contributed by atoms with Gasteiger partial charge in [-0.15, -0.1) is 0 Å². The molecular weight excluding hydrogens is 508 g/mol. The lowest BCUT2D eigenvalue weighted by atomic mass is 9.96. The zero-order valence-corrected chi connectivity index (χ0v) is 22.2. The molecule has 0 spiro atoms. The van der Waals surface area contributed by atoms with Gasteiger partial charge in [-0.3, -0.25) is 29.5 Å². The molecule has 0 saturated heterocycles. The van der Waals surface area contributed by atoms with Gasteiger partial charge < -0.3 is 25.4 Å². The molecule has 1 aromatic carbocycles. The van der Waals surface area contributed by atoms with Crippen molar-refractivity contribution in [2.75, 3.05) is 42.3 Å². The standard InChI is InChI=1S/C26H34N6O7/c1-4-38-21(34)11-10-20(25(37)39-5-2)30-23(35)17-6-8-18(9-7-17)27-13-16-12-19-22(28-14-16)31-26(29-15(3)33)32-24(19)36/h6-9,16,20,27H,4-5,10-14H2,1-3H3,(H,30,35)(H3,28,29,31,32,33,36)/t16?,20-/m1/s1. The smallest absolute Gasteiger partial charge is 0.328 e. The fourth-order valence-electron chi connectivity index (χ4n) is 4.04. The normalized spacial score (nSPS) is 14.7. The maximum Gasteiger partial charge on any atom is 0.328 e. The third-order valence-electron chi connectivity index (χ3n) is 5.92. The number of nitrogens with one attached hydrogen (secondary N) is 5. The van der Waals surface area contributed by atoms with Crippen LogP contribution in [0, 0.1) is 5.92 Å². The van der Waals surface area contributed by atoms with E-state index in [9.17, 15) is 24.0 Å². The van der Waals surface area contributed by atoms with Gasteiger partial charge in [-0.05, 0) is 56.9 Å². The number of carbonyl (C=O) groups excluding carboxylic acids is 4. The maximum atomic E-state index is 12.8. The third-order valence-corrected chi connectivity index (χ3v) is 5.92. The Bertz CT molecular complexity index is 1240. The number of carbonyl (C=O) groups is 4. The summed E-state index contributed by atoms with van der Waals surface area (Å²) in [5.74, 6) is -1.21. The Balaban J connectivity index is 1.55. The Labute approximate surface area is 225 Å². The molecule has 1 aliphatic rings. The zero-order chi connectivity index (χ0) is 28.4. The van der Waals surface area contributed by atoms with Gasteiger partial charge in [0.05, 0.1) is 18.8 Å². The molecule has 13 heteroatoms. The van der Waals surface area contributed by atoms with Crippen LogP contribution in [0.3, 0.4) is 0 Å². The van der Waals surface area contributed by atoms with E-state index in [-0.39, 0.29) is 49.4 Å². The maximum absolute atomic E-state index is 12.8. The molecule has 2 amide bonds. The Kier molecular flexibility index (Phi) is 10.4. The van der Waals surface area contributed by atoms with Crippen molar-refractivity contribution in [2.45, 2.75) is 46.1 Å². The van der Waals surface area contributed by atoms with Crippen molar-refractivity contribution in [3.05, 3.63) is 45.7 Å². The van der Waals surface area contributed by atoms with Gasteiger partial charge in [0.1, 0.15) is 11.9 Å². The first-order valence-electron chi connectivity index (χ1n) is 12.8. The minimum absolute atomic E-state index is 0.0284. The average molecular weight is 543 g/mol. The topological polar surface area (TPSA) is 181 Å². The monoisotopic (exact) mass is 542 g/mol. The van der Waals surface area contributed by atoms with Crippen molar-refractivity contribution >= 4 is 41.2 Å². The van der Waals surface area contributed by atoms with Gasteiger partial charge in [0.2, 0.25) is 11.9 Å². The molecule has 1 aromatic heterocycles. The number of aromatic amines is 1. The highest BCUT2D eigenvalue weighted by atomic mass is 16.5. The van der Waals surface area contributed by atoms with Crippen LogP contribution in [0.25, 0.3) is 0 Å². The number of aromatic nitrogens is 2. The molecule has 0 radical (unpaired) electrons. The second-order valence-corrected chi connectivity index (χ2v) is 8.95. The number of hydrogen-bond donors (Lipinski definition) is 5. The van der Waals surface area contributed by atoms with Crippen LogP contribution in [-0.2, 0) is 30.3 Å². The van der Waals surface area contributed by atoms with Crippen molar-refractivity contribution < 1.29 is 28.7 Å². The molecule has 13 nitrogen and oxygen atoms in total. The predicted molar refractivity (Wildman–Crippen MR) is 144 cm³/mol. The van der Waals surface area contributed by atoms with Crippen LogP contribution in [-0.4, -0.2) is 66.1 Å². The first-order chi connectivity index (χ1) is 18.7. The molecule has 1 unspecified atom stereocenters. The Hall–Kier alpha value is -4.42. The van der Waals surface area contributed by atoms with Crippen molar-refractivity contribution in [1.82, 2.24) is 15.3 Å². The van der Waals surface area contributed by atoms with E-state index in [2.05, 4.69) is 31.2 Å². The molecular formula is C26H34N6O7. The number of ether oxygens (including phenoxy) is 2. The molecule has 210 valence electrons. The van der Waals surface area contributed by atoms with E-state index in [0.717, 1.165) is 5.69 Å². The molecule has 0 saturated carbocycles. The van der Waals surface area contributed by atoms with E-state index < -0.39 is 23.9 Å². The van der Waals surface area contributed by atoms with Gasteiger partial charge in [0.25, 0.3) is 11.5 Å². The molecule has 0 aliphatic carbocycles. The molecule has 0 fully saturated rings. The highest BCUT2D eigenvalue weighted by Crippen LogP contribution is 2.21. The number of nitrogens with zero attached hydrogens (tertiary/aromatic N) is 1. The highest BCUT2D eigenvalue weighted by Gasteiger charge is 2.25. The molecule has 3 rings (SSSR count). The Morgan fingerprint density at radius 1 is 1.10 bits per heavy atom. The number of fused-ring (bicyclic) bond motifs is 1. The summed E-state index contributed by atoms with van der Waals surface area (Å²) in [4.78, 5) is 67.2. The van der Waals surface area contributed by atoms with E-state index >= 15 is 0 Å². The molecule has 2 atom stereocenters. The van der Waals surface area contributed by atoms with Gasteiger partial charge >= 0.3 is 11.9 Å². The first kappa shape index (κ1) is 29.1. The fourth-order valence-corrected chi connectivity index (χ4v) is 4.04. The summed E-state index contributed by atoms with van der Waals surface area (Å²) in [6, 6.07) is 5.75. The van der Waals surface area contributed by atoms with E-state index in [1.807, 2.05) is 0 Å². The zero-order valence-electron chi connectivity index (χ0n) is 22.2. The lowest BCUT2D eigenvalue weighted by Crippen LogP contribution is -2.42. The molecule has 39 heavy (non-hydrogen) atoms. The lowest BCUT2D eigenvalue weighted by molar-refractivity contribution is -0.146. The van der Waals surface area contributed by atoms with Crippen LogP contribution < -0.4 is 26.8 Å². The van der Waals surface area contributed by atoms with Crippen LogP contribution >= 0.6 is 0 Å². The SMILES string of the molecule is CCOC(=O)CC[C@@H](NC(=O)c1ccc(NCC2CNc3nc(NC(C)=O)[nH]c(=O)c3C2)cc1)C(=O)OCC. The van der Waals surface area contributed by atoms with Crippen LogP contribution in [0.15, 0.2) is 29.1 Å².